The minimum absolute atomic E-state index is 0.775. The van der Waals surface area contributed by atoms with E-state index in [1.165, 1.54) is 83.5 Å². The van der Waals surface area contributed by atoms with Crippen LogP contribution in [0.2, 0.25) is 0 Å². The quantitative estimate of drug-likeness (QED) is 0.123. The molecule has 0 bridgehead atoms. The number of nitrogens with one attached hydrogen (secondary N) is 1. The topological polar surface area (TPSA) is 12.0 Å². The predicted molar refractivity (Wildman–Crippen MR) is 108 cm³/mol. The number of alkyl halides is 3. The van der Waals surface area contributed by atoms with E-state index >= 15 is 0 Å². The van der Waals surface area contributed by atoms with E-state index in [2.05, 4.69) is 24.4 Å². The Morgan fingerprint density at radius 2 is 1.09 bits per heavy atom. The lowest BCUT2D eigenvalue weighted by Crippen LogP contribution is -2.28. The highest BCUT2D eigenvalue weighted by atomic mass is 35.6. The van der Waals surface area contributed by atoms with Gasteiger partial charge >= 0.3 is 0 Å². The van der Waals surface area contributed by atoms with Crippen LogP contribution in [0.4, 0.5) is 0 Å². The summed E-state index contributed by atoms with van der Waals surface area (Å²) in [5, 5.41) is 2.86. The summed E-state index contributed by atoms with van der Waals surface area (Å²) >= 11 is 16.9. The van der Waals surface area contributed by atoms with E-state index in [0.717, 1.165) is 13.0 Å². The van der Waals surface area contributed by atoms with Crippen LogP contribution in [0.5, 0.6) is 0 Å². The zero-order chi connectivity index (χ0) is 17.2. The maximum Gasteiger partial charge on any atom is 0.245 e. The molecule has 0 spiro atoms. The summed E-state index contributed by atoms with van der Waals surface area (Å²) in [7, 11) is 0. The molecule has 0 aromatic heterocycles. The van der Waals surface area contributed by atoms with Crippen LogP contribution in [0.1, 0.15) is 96.8 Å². The van der Waals surface area contributed by atoms with Crippen molar-refractivity contribution in [3.63, 3.8) is 0 Å². The Hall–Kier alpha value is 0.570. The Balaban J connectivity index is 3.11. The SMILES string of the molecule is CCCCCCCC/C=C\CCCCCCCCNC(Cl)(Cl)Cl. The van der Waals surface area contributed by atoms with Crippen molar-refractivity contribution in [3.05, 3.63) is 12.2 Å². The minimum atomic E-state index is -1.30. The molecule has 0 saturated heterocycles. The van der Waals surface area contributed by atoms with E-state index in [0.29, 0.717) is 0 Å². The lowest BCUT2D eigenvalue weighted by molar-refractivity contribution is 0.570. The van der Waals surface area contributed by atoms with Crippen LogP contribution in [-0.2, 0) is 0 Å². The summed E-state index contributed by atoms with van der Waals surface area (Å²) in [4.78, 5) is 0. The van der Waals surface area contributed by atoms with E-state index in [1.807, 2.05) is 0 Å². The van der Waals surface area contributed by atoms with E-state index in [1.54, 1.807) is 0 Å². The first kappa shape index (κ1) is 23.6. The molecule has 23 heavy (non-hydrogen) atoms. The second-order valence-electron chi connectivity index (χ2n) is 6.36. The molecule has 0 aromatic rings. The van der Waals surface area contributed by atoms with E-state index in [-0.39, 0.29) is 0 Å². The Bertz CT molecular complexity index is 262. The number of hydrogen-bond donors (Lipinski definition) is 1. The first-order chi connectivity index (χ1) is 11.1. The fraction of sp³-hybridized carbons (Fsp3) is 0.895. The molecule has 0 saturated carbocycles. The van der Waals surface area contributed by atoms with Gasteiger partial charge in [-0.1, -0.05) is 112 Å². The number of unbranched alkanes of at least 4 members (excludes halogenated alkanes) is 12. The number of hydrogen-bond acceptors (Lipinski definition) is 1. The average molecular weight is 385 g/mol. The molecule has 0 rings (SSSR count). The van der Waals surface area contributed by atoms with Crippen molar-refractivity contribution >= 4 is 34.8 Å². The molecule has 0 aromatic carbocycles. The predicted octanol–water partition coefficient (Wildman–Crippen LogP) is 7.94. The first-order valence-corrected chi connectivity index (χ1v) is 10.7. The van der Waals surface area contributed by atoms with Crippen molar-refractivity contribution in [2.24, 2.45) is 0 Å². The van der Waals surface area contributed by atoms with E-state index in [9.17, 15) is 0 Å². The Kier molecular flexibility index (Phi) is 17.8. The Morgan fingerprint density at radius 3 is 1.57 bits per heavy atom. The van der Waals surface area contributed by atoms with Crippen molar-refractivity contribution in [2.45, 2.75) is 101 Å². The van der Waals surface area contributed by atoms with Gasteiger partial charge in [-0.05, 0) is 38.6 Å². The zero-order valence-electron chi connectivity index (χ0n) is 14.9. The highest BCUT2D eigenvalue weighted by Crippen LogP contribution is 2.21. The lowest BCUT2D eigenvalue weighted by Gasteiger charge is -2.12. The molecule has 0 aliphatic carbocycles. The molecule has 138 valence electrons. The van der Waals surface area contributed by atoms with Crippen molar-refractivity contribution in [2.75, 3.05) is 6.54 Å². The van der Waals surface area contributed by atoms with Crippen LogP contribution >= 0.6 is 34.8 Å². The zero-order valence-corrected chi connectivity index (χ0v) is 17.2. The third-order valence-corrected chi connectivity index (χ3v) is 4.41. The molecule has 0 atom stereocenters. The van der Waals surface area contributed by atoms with Crippen molar-refractivity contribution in [3.8, 4) is 0 Å². The normalized spacial score (nSPS) is 12.3. The monoisotopic (exact) mass is 383 g/mol. The number of halogens is 3. The first-order valence-electron chi connectivity index (χ1n) is 9.53. The Morgan fingerprint density at radius 1 is 0.652 bits per heavy atom. The smallest absolute Gasteiger partial charge is 0.245 e. The minimum Gasteiger partial charge on any atom is -0.273 e. The van der Waals surface area contributed by atoms with Gasteiger partial charge in [0.05, 0.1) is 0 Å². The lowest BCUT2D eigenvalue weighted by atomic mass is 10.1. The van der Waals surface area contributed by atoms with Gasteiger partial charge in [0.15, 0.2) is 0 Å². The van der Waals surface area contributed by atoms with E-state index < -0.39 is 3.92 Å². The fourth-order valence-electron chi connectivity index (χ4n) is 2.60. The third-order valence-electron chi connectivity index (χ3n) is 4.01. The third kappa shape index (κ3) is 22.6. The largest absolute Gasteiger partial charge is 0.273 e. The average Bonchev–Trinajstić information content (AvgIpc) is 2.49. The summed E-state index contributed by atoms with van der Waals surface area (Å²) in [6, 6.07) is 0. The molecule has 0 radical (unpaired) electrons. The summed E-state index contributed by atoms with van der Waals surface area (Å²) in [6.07, 6.45) is 23.1. The molecule has 1 nitrogen and oxygen atoms in total. The Labute approximate surface area is 159 Å². The molecule has 0 aliphatic rings. The summed E-state index contributed by atoms with van der Waals surface area (Å²) in [5.74, 6) is 0. The second kappa shape index (κ2) is 17.4. The standard InChI is InChI=1S/C19H36Cl3N/c1-2-3-4-5-6-7-8-9-10-11-12-13-14-15-16-17-18-23-19(20,21)22/h9-10,23H,2-8,11-18H2,1H3/b10-9-. The van der Waals surface area contributed by atoms with Gasteiger partial charge in [0.1, 0.15) is 0 Å². The second-order valence-corrected chi connectivity index (χ2v) is 8.64. The molecule has 0 amide bonds. The number of rotatable bonds is 16. The van der Waals surface area contributed by atoms with Gasteiger partial charge in [0, 0.05) is 0 Å². The van der Waals surface area contributed by atoms with Crippen LogP contribution in [-0.4, -0.2) is 10.5 Å². The maximum absolute atomic E-state index is 5.62. The van der Waals surface area contributed by atoms with Gasteiger partial charge < -0.3 is 0 Å². The highest BCUT2D eigenvalue weighted by molar-refractivity contribution is 6.67. The number of allylic oxidation sites excluding steroid dienone is 2. The van der Waals surface area contributed by atoms with Crippen molar-refractivity contribution in [1.82, 2.24) is 5.32 Å². The van der Waals surface area contributed by atoms with Crippen LogP contribution in [0.25, 0.3) is 0 Å². The van der Waals surface area contributed by atoms with Gasteiger partial charge in [0.25, 0.3) is 0 Å². The van der Waals surface area contributed by atoms with Crippen LogP contribution < -0.4 is 5.32 Å². The van der Waals surface area contributed by atoms with Crippen LogP contribution in [0.3, 0.4) is 0 Å². The highest BCUT2D eigenvalue weighted by Gasteiger charge is 2.16. The molecular weight excluding hydrogens is 349 g/mol. The molecule has 0 fully saturated rings. The van der Waals surface area contributed by atoms with Crippen molar-refractivity contribution in [1.29, 1.82) is 0 Å². The molecule has 0 unspecified atom stereocenters. The maximum atomic E-state index is 5.62. The summed E-state index contributed by atoms with van der Waals surface area (Å²) < 4.78 is -1.30. The summed E-state index contributed by atoms with van der Waals surface area (Å²) in [5.41, 5.74) is 0. The molecule has 0 heterocycles. The molecule has 0 aliphatic heterocycles. The molecule has 4 heteroatoms. The molecule has 1 N–H and O–H groups in total. The van der Waals surface area contributed by atoms with Gasteiger partial charge in [-0.15, -0.1) is 0 Å². The molecular formula is C19H36Cl3N. The van der Waals surface area contributed by atoms with Gasteiger partial charge in [-0.25, -0.2) is 0 Å². The van der Waals surface area contributed by atoms with Crippen molar-refractivity contribution < 1.29 is 0 Å². The van der Waals surface area contributed by atoms with Gasteiger partial charge in [0.2, 0.25) is 3.92 Å². The van der Waals surface area contributed by atoms with Crippen LogP contribution in [0.15, 0.2) is 12.2 Å². The summed E-state index contributed by atoms with van der Waals surface area (Å²) in [6.45, 7) is 3.05. The fourth-order valence-corrected chi connectivity index (χ4v) is 2.89. The van der Waals surface area contributed by atoms with E-state index in [4.69, 9.17) is 34.8 Å². The van der Waals surface area contributed by atoms with Crippen LogP contribution in [0, 0.1) is 0 Å². The van der Waals surface area contributed by atoms with Gasteiger partial charge in [-0.3, -0.25) is 5.32 Å². The van der Waals surface area contributed by atoms with Gasteiger partial charge in [-0.2, -0.15) is 0 Å².